The van der Waals surface area contributed by atoms with Crippen LogP contribution in [0.1, 0.15) is 37.3 Å². The quantitative estimate of drug-likeness (QED) is 0.770. The minimum atomic E-state index is -0.155. The van der Waals surface area contributed by atoms with Gasteiger partial charge in [0.1, 0.15) is 11.9 Å². The van der Waals surface area contributed by atoms with Crippen molar-refractivity contribution in [2.24, 2.45) is 11.7 Å². The number of nitrogens with two attached hydrogens (primary N) is 1. The normalized spacial score (nSPS) is 17.4. The Morgan fingerprint density at radius 3 is 2.94 bits per heavy atom. The molecule has 1 atom stereocenters. The number of nitrogens with one attached hydrogen (secondary N) is 1. The highest BCUT2D eigenvalue weighted by atomic mass is 16.5. The molecular formula is C11H17N3O2. The molecule has 1 aromatic rings. The molecule has 0 aliphatic heterocycles. The molecule has 1 saturated carbocycles. The van der Waals surface area contributed by atoms with Crippen molar-refractivity contribution in [2.45, 2.75) is 32.4 Å². The summed E-state index contributed by atoms with van der Waals surface area (Å²) in [5.41, 5.74) is 5.77. The van der Waals surface area contributed by atoms with Gasteiger partial charge in [-0.3, -0.25) is 4.79 Å². The monoisotopic (exact) mass is 223 g/mol. The van der Waals surface area contributed by atoms with Crippen molar-refractivity contribution in [1.29, 1.82) is 0 Å². The average Bonchev–Trinajstić information content (AvgIpc) is 3.09. The van der Waals surface area contributed by atoms with Gasteiger partial charge in [-0.2, -0.15) is 0 Å². The zero-order valence-corrected chi connectivity index (χ0v) is 9.40. The van der Waals surface area contributed by atoms with E-state index in [9.17, 15) is 4.79 Å². The third-order valence-corrected chi connectivity index (χ3v) is 2.78. The van der Waals surface area contributed by atoms with E-state index >= 15 is 0 Å². The number of H-pyrrole nitrogens is 1. The molecule has 0 saturated heterocycles. The Morgan fingerprint density at radius 1 is 1.69 bits per heavy atom. The second-order valence-corrected chi connectivity index (χ2v) is 4.04. The van der Waals surface area contributed by atoms with Gasteiger partial charge in [-0.15, -0.1) is 0 Å². The van der Waals surface area contributed by atoms with Crippen molar-refractivity contribution in [3.05, 3.63) is 27.9 Å². The van der Waals surface area contributed by atoms with Crippen LogP contribution in [0.3, 0.4) is 0 Å². The number of nitrogens with zero attached hydrogens (tertiary/aromatic N) is 1. The Bertz CT molecular complexity index is 412. The second-order valence-electron chi connectivity index (χ2n) is 4.04. The van der Waals surface area contributed by atoms with Crippen molar-refractivity contribution in [2.75, 3.05) is 6.61 Å². The lowest BCUT2D eigenvalue weighted by atomic mass is 10.2. The van der Waals surface area contributed by atoms with Crippen molar-refractivity contribution in [1.82, 2.24) is 9.97 Å². The first kappa shape index (κ1) is 11.3. The maximum atomic E-state index is 11.6. The Kier molecular flexibility index (Phi) is 3.36. The molecule has 5 heteroatoms. The number of ether oxygens (including phenoxy) is 1. The summed E-state index contributed by atoms with van der Waals surface area (Å²) in [6.07, 6.45) is 3.77. The third-order valence-electron chi connectivity index (χ3n) is 2.78. The van der Waals surface area contributed by atoms with Gasteiger partial charge in [0.15, 0.2) is 0 Å². The molecule has 5 nitrogen and oxygen atoms in total. The fraction of sp³-hybridized carbons (Fsp3) is 0.636. The van der Waals surface area contributed by atoms with Crippen LogP contribution in [-0.4, -0.2) is 16.6 Å². The summed E-state index contributed by atoms with van der Waals surface area (Å²) in [6.45, 7) is 2.79. The predicted octanol–water partition coefficient (Wildman–Crippen LogP) is 0.716. The van der Waals surface area contributed by atoms with Gasteiger partial charge in [-0.1, -0.05) is 0 Å². The van der Waals surface area contributed by atoms with Crippen LogP contribution < -0.4 is 11.3 Å². The molecule has 0 radical (unpaired) electrons. The van der Waals surface area contributed by atoms with Crippen LogP contribution >= 0.6 is 0 Å². The predicted molar refractivity (Wildman–Crippen MR) is 59.8 cm³/mol. The Labute approximate surface area is 94.0 Å². The Hall–Kier alpha value is -1.20. The van der Waals surface area contributed by atoms with Crippen LogP contribution in [-0.2, 0) is 11.3 Å². The molecule has 3 N–H and O–H groups in total. The number of rotatable bonds is 5. The number of hydrogen-bond acceptors (Lipinski definition) is 4. The molecule has 88 valence electrons. The van der Waals surface area contributed by atoms with E-state index in [1.165, 1.54) is 0 Å². The van der Waals surface area contributed by atoms with Crippen LogP contribution in [0.5, 0.6) is 0 Å². The summed E-state index contributed by atoms with van der Waals surface area (Å²) >= 11 is 0. The summed E-state index contributed by atoms with van der Waals surface area (Å²) < 4.78 is 5.62. The zero-order chi connectivity index (χ0) is 11.5. The van der Waals surface area contributed by atoms with E-state index in [-0.39, 0.29) is 18.2 Å². The fourth-order valence-corrected chi connectivity index (χ4v) is 1.74. The maximum absolute atomic E-state index is 11.6. The largest absolute Gasteiger partial charge is 0.370 e. The lowest BCUT2D eigenvalue weighted by molar-refractivity contribution is 0.0398. The van der Waals surface area contributed by atoms with E-state index in [1.807, 2.05) is 6.92 Å². The van der Waals surface area contributed by atoms with Gasteiger partial charge in [0.25, 0.3) is 5.56 Å². The molecule has 1 aliphatic carbocycles. The van der Waals surface area contributed by atoms with Crippen LogP contribution in [0.25, 0.3) is 0 Å². The minimum absolute atomic E-state index is 0.0653. The number of hydrogen-bond donors (Lipinski definition) is 2. The van der Waals surface area contributed by atoms with Gasteiger partial charge in [-0.25, -0.2) is 4.98 Å². The first-order valence-corrected chi connectivity index (χ1v) is 5.66. The molecule has 0 aromatic carbocycles. The van der Waals surface area contributed by atoms with Gasteiger partial charge in [0.2, 0.25) is 0 Å². The minimum Gasteiger partial charge on any atom is -0.370 e. The average molecular weight is 223 g/mol. The van der Waals surface area contributed by atoms with Crippen molar-refractivity contribution in [3.63, 3.8) is 0 Å². The molecule has 0 bridgehead atoms. The lowest BCUT2D eigenvalue weighted by Crippen LogP contribution is -2.22. The molecule has 1 fully saturated rings. The summed E-state index contributed by atoms with van der Waals surface area (Å²) in [5.74, 6) is 1.14. The third kappa shape index (κ3) is 2.31. The summed E-state index contributed by atoms with van der Waals surface area (Å²) in [4.78, 5) is 18.6. The van der Waals surface area contributed by atoms with Crippen LogP contribution in [0.15, 0.2) is 11.0 Å². The van der Waals surface area contributed by atoms with Crippen LogP contribution in [0.2, 0.25) is 0 Å². The molecule has 1 aromatic heterocycles. The summed E-state index contributed by atoms with van der Waals surface area (Å²) in [7, 11) is 0. The van der Waals surface area contributed by atoms with Crippen molar-refractivity contribution >= 4 is 0 Å². The first-order chi connectivity index (χ1) is 7.76. The van der Waals surface area contributed by atoms with E-state index in [0.29, 0.717) is 23.9 Å². The van der Waals surface area contributed by atoms with Gasteiger partial charge in [0, 0.05) is 24.9 Å². The molecule has 16 heavy (non-hydrogen) atoms. The highest BCUT2D eigenvalue weighted by Gasteiger charge is 2.34. The molecule has 0 amide bonds. The van der Waals surface area contributed by atoms with Gasteiger partial charge < -0.3 is 15.5 Å². The summed E-state index contributed by atoms with van der Waals surface area (Å²) in [6, 6.07) is 0. The van der Waals surface area contributed by atoms with Gasteiger partial charge in [0.05, 0.1) is 0 Å². The standard InChI is InChI=1S/C11H17N3O2/c1-2-16-9(7-3-4-7)10-13-6-8(5-12)11(15)14-10/h6-7,9H,2-5,12H2,1H3,(H,13,14,15). The zero-order valence-electron chi connectivity index (χ0n) is 9.40. The molecule has 2 rings (SSSR count). The topological polar surface area (TPSA) is 81.0 Å². The SMILES string of the molecule is CCOC(c1ncc(CN)c(=O)[nH]1)C1CC1. The van der Waals surface area contributed by atoms with Crippen LogP contribution in [0, 0.1) is 5.92 Å². The fourth-order valence-electron chi connectivity index (χ4n) is 1.74. The molecule has 1 unspecified atom stereocenters. The van der Waals surface area contributed by atoms with Gasteiger partial charge in [-0.05, 0) is 25.7 Å². The smallest absolute Gasteiger partial charge is 0.255 e. The lowest BCUT2D eigenvalue weighted by Gasteiger charge is -2.15. The Morgan fingerprint density at radius 2 is 2.44 bits per heavy atom. The first-order valence-electron chi connectivity index (χ1n) is 5.66. The van der Waals surface area contributed by atoms with E-state index in [1.54, 1.807) is 6.20 Å². The van der Waals surface area contributed by atoms with Crippen LogP contribution in [0.4, 0.5) is 0 Å². The van der Waals surface area contributed by atoms with Gasteiger partial charge >= 0.3 is 0 Å². The van der Waals surface area contributed by atoms with Crippen molar-refractivity contribution in [3.8, 4) is 0 Å². The highest BCUT2D eigenvalue weighted by molar-refractivity contribution is 5.08. The molecular weight excluding hydrogens is 206 g/mol. The molecule has 0 spiro atoms. The van der Waals surface area contributed by atoms with E-state index in [4.69, 9.17) is 10.5 Å². The number of aromatic nitrogens is 2. The van der Waals surface area contributed by atoms with Crippen molar-refractivity contribution < 1.29 is 4.74 Å². The number of aromatic amines is 1. The Balaban J connectivity index is 2.24. The molecule has 1 heterocycles. The van der Waals surface area contributed by atoms with E-state index < -0.39 is 0 Å². The maximum Gasteiger partial charge on any atom is 0.255 e. The highest BCUT2D eigenvalue weighted by Crippen LogP contribution is 2.41. The molecule has 1 aliphatic rings. The summed E-state index contributed by atoms with van der Waals surface area (Å²) in [5, 5.41) is 0. The van der Waals surface area contributed by atoms with E-state index in [2.05, 4.69) is 9.97 Å². The second kappa shape index (κ2) is 4.76. The van der Waals surface area contributed by atoms with E-state index in [0.717, 1.165) is 12.8 Å².